The zero-order valence-corrected chi connectivity index (χ0v) is 15.2. The van der Waals surface area contributed by atoms with Crippen LogP contribution in [0.3, 0.4) is 0 Å². The normalized spacial score (nSPS) is 12.2. The Kier molecular flexibility index (Phi) is 6.74. The van der Waals surface area contributed by atoms with Gasteiger partial charge in [-0.05, 0) is 61.7 Å². The summed E-state index contributed by atoms with van der Waals surface area (Å²) in [6.45, 7) is 3.10. The quantitative estimate of drug-likeness (QED) is 0.648. The molecule has 0 spiro atoms. The van der Waals surface area contributed by atoms with Crippen molar-refractivity contribution < 1.29 is 4.74 Å². The molecule has 1 unspecified atom stereocenters. The van der Waals surface area contributed by atoms with Crippen molar-refractivity contribution in [3.8, 4) is 5.75 Å². The van der Waals surface area contributed by atoms with Crippen LogP contribution >= 0.6 is 27.5 Å². The van der Waals surface area contributed by atoms with Crippen LogP contribution in [-0.4, -0.2) is 13.7 Å². The van der Waals surface area contributed by atoms with Gasteiger partial charge in [-0.1, -0.05) is 45.7 Å². The Morgan fingerprint density at radius 2 is 2.00 bits per heavy atom. The second kappa shape index (κ2) is 8.56. The van der Waals surface area contributed by atoms with Crippen LogP contribution in [0.1, 0.15) is 30.5 Å². The van der Waals surface area contributed by atoms with Gasteiger partial charge in [0.15, 0.2) is 0 Å². The predicted molar refractivity (Wildman–Crippen MR) is 96.9 cm³/mol. The molecule has 118 valence electrons. The maximum Gasteiger partial charge on any atom is 0.119 e. The summed E-state index contributed by atoms with van der Waals surface area (Å²) >= 11 is 9.78. The summed E-state index contributed by atoms with van der Waals surface area (Å²) in [6, 6.07) is 14.3. The van der Waals surface area contributed by atoms with E-state index in [9.17, 15) is 0 Å². The third-order valence-corrected chi connectivity index (χ3v) is 4.79. The Hall–Kier alpha value is -1.03. The van der Waals surface area contributed by atoms with E-state index in [1.165, 1.54) is 11.1 Å². The molecule has 2 aromatic carbocycles. The van der Waals surface area contributed by atoms with Gasteiger partial charge in [0, 0.05) is 15.5 Å². The van der Waals surface area contributed by atoms with Crippen molar-refractivity contribution in [3.05, 3.63) is 63.1 Å². The zero-order valence-electron chi connectivity index (χ0n) is 12.9. The van der Waals surface area contributed by atoms with Crippen molar-refractivity contribution in [2.75, 3.05) is 13.7 Å². The smallest absolute Gasteiger partial charge is 0.119 e. The van der Waals surface area contributed by atoms with E-state index in [1.807, 2.05) is 30.3 Å². The van der Waals surface area contributed by atoms with Gasteiger partial charge in [0.25, 0.3) is 0 Å². The van der Waals surface area contributed by atoms with Gasteiger partial charge in [0.05, 0.1) is 7.11 Å². The van der Waals surface area contributed by atoms with Crippen LogP contribution in [0.5, 0.6) is 5.75 Å². The van der Waals surface area contributed by atoms with Crippen molar-refractivity contribution in [1.29, 1.82) is 0 Å². The van der Waals surface area contributed by atoms with E-state index >= 15 is 0 Å². The lowest BCUT2D eigenvalue weighted by Crippen LogP contribution is -2.20. The summed E-state index contributed by atoms with van der Waals surface area (Å²) in [4.78, 5) is 0. The molecule has 0 bridgehead atoms. The topological polar surface area (TPSA) is 21.3 Å². The van der Waals surface area contributed by atoms with Gasteiger partial charge in [-0.3, -0.25) is 0 Å². The Labute approximate surface area is 146 Å². The summed E-state index contributed by atoms with van der Waals surface area (Å²) in [5, 5.41) is 4.40. The van der Waals surface area contributed by atoms with Crippen molar-refractivity contribution in [1.82, 2.24) is 5.32 Å². The molecular weight excluding hydrogens is 362 g/mol. The molecule has 1 atom stereocenters. The van der Waals surface area contributed by atoms with E-state index in [0.29, 0.717) is 0 Å². The average Bonchev–Trinajstić information content (AvgIpc) is 2.53. The largest absolute Gasteiger partial charge is 0.497 e. The van der Waals surface area contributed by atoms with Gasteiger partial charge in [0.1, 0.15) is 5.75 Å². The molecule has 0 fully saturated rings. The highest BCUT2D eigenvalue weighted by Crippen LogP contribution is 2.27. The Balaban J connectivity index is 1.85. The van der Waals surface area contributed by atoms with Gasteiger partial charge < -0.3 is 10.1 Å². The van der Waals surface area contributed by atoms with Crippen LogP contribution in [0.15, 0.2) is 46.9 Å². The lowest BCUT2D eigenvalue weighted by molar-refractivity contribution is 0.413. The van der Waals surface area contributed by atoms with Crippen LogP contribution in [-0.2, 0) is 6.42 Å². The van der Waals surface area contributed by atoms with E-state index in [-0.39, 0.29) is 6.04 Å². The molecule has 0 amide bonds. The molecule has 1 N–H and O–H groups in total. The molecule has 0 radical (unpaired) electrons. The standard InChI is InChI=1S/C18H21BrClNO/c1-13(16-12-15(22-2)9-10-17(16)19)21-11-5-7-14-6-3-4-8-18(14)20/h3-4,6,8-10,12-13,21H,5,7,11H2,1-2H3. The van der Waals surface area contributed by atoms with Crippen molar-refractivity contribution in [3.63, 3.8) is 0 Å². The molecule has 0 heterocycles. The molecule has 2 aromatic rings. The fourth-order valence-electron chi connectivity index (χ4n) is 2.39. The van der Waals surface area contributed by atoms with Gasteiger partial charge >= 0.3 is 0 Å². The molecule has 4 heteroatoms. The minimum absolute atomic E-state index is 0.260. The number of rotatable bonds is 7. The molecule has 2 rings (SSSR count). The predicted octanol–water partition coefficient (Wildman–Crippen LogP) is 5.39. The number of hydrogen-bond donors (Lipinski definition) is 1. The molecule has 0 aliphatic heterocycles. The summed E-state index contributed by atoms with van der Waals surface area (Å²) in [6.07, 6.45) is 2.04. The fraction of sp³-hybridized carbons (Fsp3) is 0.333. The van der Waals surface area contributed by atoms with Gasteiger partial charge in [-0.2, -0.15) is 0 Å². The maximum atomic E-state index is 6.18. The number of benzene rings is 2. The second-order valence-electron chi connectivity index (χ2n) is 5.26. The number of halogens is 2. The molecular formula is C18H21BrClNO. The number of hydrogen-bond acceptors (Lipinski definition) is 2. The van der Waals surface area contributed by atoms with Crippen LogP contribution in [0.4, 0.5) is 0 Å². The van der Waals surface area contributed by atoms with E-state index in [4.69, 9.17) is 16.3 Å². The first-order valence-electron chi connectivity index (χ1n) is 7.42. The third-order valence-electron chi connectivity index (χ3n) is 3.70. The van der Waals surface area contributed by atoms with E-state index in [2.05, 4.69) is 40.3 Å². The molecule has 0 aliphatic carbocycles. The number of nitrogens with one attached hydrogen (secondary N) is 1. The Bertz CT molecular complexity index is 618. The first-order chi connectivity index (χ1) is 10.6. The number of aryl methyl sites for hydroxylation is 1. The van der Waals surface area contributed by atoms with Crippen molar-refractivity contribution in [2.24, 2.45) is 0 Å². The highest BCUT2D eigenvalue weighted by molar-refractivity contribution is 9.10. The number of ether oxygens (including phenoxy) is 1. The lowest BCUT2D eigenvalue weighted by atomic mass is 10.1. The lowest BCUT2D eigenvalue weighted by Gasteiger charge is -2.17. The molecule has 0 aliphatic rings. The molecule has 2 nitrogen and oxygen atoms in total. The summed E-state index contributed by atoms with van der Waals surface area (Å²) in [5.74, 6) is 0.878. The highest BCUT2D eigenvalue weighted by Gasteiger charge is 2.10. The molecule has 0 saturated carbocycles. The zero-order chi connectivity index (χ0) is 15.9. The molecule has 22 heavy (non-hydrogen) atoms. The van der Waals surface area contributed by atoms with Crippen molar-refractivity contribution >= 4 is 27.5 Å². The van der Waals surface area contributed by atoms with Crippen LogP contribution in [0, 0.1) is 0 Å². The van der Waals surface area contributed by atoms with E-state index in [0.717, 1.165) is 34.6 Å². The van der Waals surface area contributed by atoms with Gasteiger partial charge in [0.2, 0.25) is 0 Å². The SMILES string of the molecule is COc1ccc(Br)c(C(C)NCCCc2ccccc2Cl)c1. The van der Waals surface area contributed by atoms with E-state index in [1.54, 1.807) is 7.11 Å². The molecule has 0 saturated heterocycles. The average molecular weight is 383 g/mol. The third kappa shape index (κ3) is 4.73. The van der Waals surface area contributed by atoms with Gasteiger partial charge in [-0.25, -0.2) is 0 Å². The first kappa shape index (κ1) is 17.3. The first-order valence-corrected chi connectivity index (χ1v) is 8.59. The van der Waals surface area contributed by atoms with E-state index < -0.39 is 0 Å². The van der Waals surface area contributed by atoms with Gasteiger partial charge in [-0.15, -0.1) is 0 Å². The Morgan fingerprint density at radius 1 is 1.23 bits per heavy atom. The minimum Gasteiger partial charge on any atom is -0.497 e. The summed E-state index contributed by atoms with van der Waals surface area (Å²) in [5.41, 5.74) is 2.42. The summed E-state index contributed by atoms with van der Waals surface area (Å²) < 4.78 is 6.39. The highest BCUT2D eigenvalue weighted by atomic mass is 79.9. The monoisotopic (exact) mass is 381 g/mol. The Morgan fingerprint density at radius 3 is 2.73 bits per heavy atom. The summed E-state index contributed by atoms with van der Waals surface area (Å²) in [7, 11) is 1.69. The minimum atomic E-state index is 0.260. The second-order valence-corrected chi connectivity index (χ2v) is 6.52. The number of methoxy groups -OCH3 is 1. The fourth-order valence-corrected chi connectivity index (χ4v) is 3.21. The molecule has 0 aromatic heterocycles. The van der Waals surface area contributed by atoms with Crippen LogP contribution in [0.2, 0.25) is 5.02 Å². The maximum absolute atomic E-state index is 6.18. The van der Waals surface area contributed by atoms with Crippen LogP contribution in [0.25, 0.3) is 0 Å². The van der Waals surface area contributed by atoms with Crippen LogP contribution < -0.4 is 10.1 Å². The van der Waals surface area contributed by atoms with Crippen molar-refractivity contribution in [2.45, 2.75) is 25.8 Å².